The molecule has 0 unspecified atom stereocenters. The Morgan fingerprint density at radius 1 is 1.53 bits per heavy atom. The van der Waals surface area contributed by atoms with Crippen molar-refractivity contribution < 1.29 is 18.3 Å². The summed E-state index contributed by atoms with van der Waals surface area (Å²) < 4.78 is 25.5. The summed E-state index contributed by atoms with van der Waals surface area (Å²) in [4.78, 5) is 10.6. The Morgan fingerprint density at radius 2 is 2.16 bits per heavy atom. The van der Waals surface area contributed by atoms with Gasteiger partial charge in [-0.05, 0) is 34.1 Å². The molecule has 0 aliphatic carbocycles. The summed E-state index contributed by atoms with van der Waals surface area (Å²) in [5.41, 5.74) is 0. The van der Waals surface area contributed by atoms with Gasteiger partial charge in [-0.3, -0.25) is 4.79 Å². The van der Waals surface area contributed by atoms with Gasteiger partial charge in [-0.2, -0.15) is 4.31 Å². The topological polar surface area (TPSA) is 74.7 Å². The second-order valence-electron chi connectivity index (χ2n) is 3.45. The number of benzene rings is 1. The number of terminal acetylenes is 1. The minimum absolute atomic E-state index is 0.0831. The molecule has 1 aromatic rings. The minimum atomic E-state index is -3.98. The van der Waals surface area contributed by atoms with E-state index in [9.17, 15) is 13.2 Å². The Balaban J connectivity index is 3.22. The fraction of sp³-hybridized carbons (Fsp3) is 0.182. The molecule has 0 aliphatic heterocycles. The van der Waals surface area contributed by atoms with E-state index in [-0.39, 0.29) is 11.4 Å². The van der Waals surface area contributed by atoms with Crippen molar-refractivity contribution in [2.75, 3.05) is 13.1 Å². The number of sulfonamides is 1. The van der Waals surface area contributed by atoms with Gasteiger partial charge in [0.15, 0.2) is 0 Å². The van der Waals surface area contributed by atoms with E-state index >= 15 is 0 Å². The van der Waals surface area contributed by atoms with Crippen LogP contribution >= 0.6 is 27.5 Å². The quantitative estimate of drug-likeness (QED) is 0.807. The molecule has 0 fully saturated rings. The van der Waals surface area contributed by atoms with Crippen LogP contribution in [0.2, 0.25) is 5.02 Å². The van der Waals surface area contributed by atoms with E-state index in [2.05, 4.69) is 21.9 Å². The maximum Gasteiger partial charge on any atom is 0.318 e. The van der Waals surface area contributed by atoms with Crippen LogP contribution in [0.3, 0.4) is 0 Å². The van der Waals surface area contributed by atoms with Gasteiger partial charge in [0.05, 0.1) is 16.5 Å². The van der Waals surface area contributed by atoms with E-state index in [0.29, 0.717) is 13.8 Å². The summed E-state index contributed by atoms with van der Waals surface area (Å²) in [6, 6.07) is 3.98. The minimum Gasteiger partial charge on any atom is -0.480 e. The maximum atomic E-state index is 12.2. The molecule has 19 heavy (non-hydrogen) atoms. The maximum absolute atomic E-state index is 12.2. The zero-order valence-corrected chi connectivity index (χ0v) is 12.7. The molecule has 0 bridgehead atoms. The summed E-state index contributed by atoms with van der Waals surface area (Å²) in [6.07, 6.45) is 5.05. The van der Waals surface area contributed by atoms with Crippen LogP contribution in [0.4, 0.5) is 0 Å². The fourth-order valence-corrected chi connectivity index (χ4v) is 3.24. The summed E-state index contributed by atoms with van der Waals surface area (Å²) >= 11 is 8.88. The lowest BCUT2D eigenvalue weighted by Crippen LogP contribution is -2.36. The molecule has 1 rings (SSSR count). The van der Waals surface area contributed by atoms with Crippen LogP contribution in [0.5, 0.6) is 0 Å². The third-order valence-electron chi connectivity index (χ3n) is 2.11. The van der Waals surface area contributed by atoms with Crippen molar-refractivity contribution in [1.82, 2.24) is 4.31 Å². The van der Waals surface area contributed by atoms with E-state index in [1.165, 1.54) is 18.2 Å². The van der Waals surface area contributed by atoms with Crippen LogP contribution in [-0.2, 0) is 14.8 Å². The molecule has 102 valence electrons. The number of carboxylic acid groups (broad SMARTS) is 1. The van der Waals surface area contributed by atoms with Crippen molar-refractivity contribution in [3.63, 3.8) is 0 Å². The Labute approximate surface area is 124 Å². The molecule has 1 N–H and O–H groups in total. The highest BCUT2D eigenvalue weighted by Crippen LogP contribution is 2.26. The van der Waals surface area contributed by atoms with Gasteiger partial charge in [-0.1, -0.05) is 17.5 Å². The summed E-state index contributed by atoms with van der Waals surface area (Å²) in [7, 11) is -3.98. The Bertz CT molecular complexity index is 639. The highest BCUT2D eigenvalue weighted by atomic mass is 79.9. The predicted octanol–water partition coefficient (Wildman–Crippen LogP) is 1.81. The number of carbonyl (C=O) groups is 1. The van der Waals surface area contributed by atoms with Crippen molar-refractivity contribution in [3.8, 4) is 12.3 Å². The van der Waals surface area contributed by atoms with Gasteiger partial charge in [-0.15, -0.1) is 6.42 Å². The Kier molecular flexibility index (Phi) is 5.38. The first-order valence-electron chi connectivity index (χ1n) is 4.89. The van der Waals surface area contributed by atoms with Crippen LogP contribution in [0, 0.1) is 12.3 Å². The summed E-state index contributed by atoms with van der Waals surface area (Å²) in [5, 5.41) is 9.06. The number of aliphatic carboxylic acids is 1. The smallest absolute Gasteiger partial charge is 0.318 e. The molecule has 0 atom stereocenters. The van der Waals surface area contributed by atoms with Gasteiger partial charge in [0.1, 0.15) is 6.54 Å². The fourth-order valence-electron chi connectivity index (χ4n) is 1.26. The van der Waals surface area contributed by atoms with E-state index in [4.69, 9.17) is 23.1 Å². The highest BCUT2D eigenvalue weighted by molar-refractivity contribution is 9.10. The van der Waals surface area contributed by atoms with Gasteiger partial charge in [0.2, 0.25) is 10.0 Å². The van der Waals surface area contributed by atoms with E-state index in [1.54, 1.807) is 0 Å². The van der Waals surface area contributed by atoms with E-state index < -0.39 is 22.5 Å². The highest BCUT2D eigenvalue weighted by Gasteiger charge is 2.26. The lowest BCUT2D eigenvalue weighted by molar-refractivity contribution is -0.137. The van der Waals surface area contributed by atoms with E-state index in [0.717, 1.165) is 0 Å². The van der Waals surface area contributed by atoms with Crippen LogP contribution in [-0.4, -0.2) is 36.9 Å². The van der Waals surface area contributed by atoms with Gasteiger partial charge in [0, 0.05) is 4.47 Å². The van der Waals surface area contributed by atoms with Crippen molar-refractivity contribution in [2.45, 2.75) is 4.90 Å². The van der Waals surface area contributed by atoms with Crippen LogP contribution in [0.1, 0.15) is 0 Å². The van der Waals surface area contributed by atoms with Gasteiger partial charge < -0.3 is 5.11 Å². The normalized spacial score (nSPS) is 11.3. The van der Waals surface area contributed by atoms with Crippen LogP contribution in [0.25, 0.3) is 0 Å². The second kappa shape index (κ2) is 6.39. The molecule has 0 spiro atoms. The molecule has 5 nitrogen and oxygen atoms in total. The van der Waals surface area contributed by atoms with Crippen molar-refractivity contribution in [3.05, 3.63) is 27.7 Å². The van der Waals surface area contributed by atoms with Gasteiger partial charge >= 0.3 is 5.97 Å². The molecule has 0 saturated heterocycles. The number of carboxylic acids is 1. The molecule has 1 aromatic carbocycles. The molecular formula is C11H9BrClNO4S. The van der Waals surface area contributed by atoms with Gasteiger partial charge in [0.25, 0.3) is 0 Å². The summed E-state index contributed by atoms with van der Waals surface area (Å²) in [6.45, 7) is -1.03. The first-order chi connectivity index (χ1) is 8.78. The largest absolute Gasteiger partial charge is 0.480 e. The molecule has 0 aromatic heterocycles. The Morgan fingerprint density at radius 3 is 2.63 bits per heavy atom. The zero-order chi connectivity index (χ0) is 14.6. The van der Waals surface area contributed by atoms with Crippen LogP contribution < -0.4 is 0 Å². The average molecular weight is 367 g/mol. The molecular weight excluding hydrogens is 358 g/mol. The number of nitrogens with zero attached hydrogens (tertiary/aromatic N) is 1. The third-order valence-corrected chi connectivity index (χ3v) is 5.11. The van der Waals surface area contributed by atoms with Crippen molar-refractivity contribution in [2.24, 2.45) is 0 Å². The van der Waals surface area contributed by atoms with E-state index in [1.807, 2.05) is 0 Å². The number of halogens is 2. The number of rotatable bonds is 5. The number of hydrogen-bond donors (Lipinski definition) is 1. The molecule has 0 saturated carbocycles. The first kappa shape index (κ1) is 16.0. The monoisotopic (exact) mass is 365 g/mol. The van der Waals surface area contributed by atoms with Crippen molar-refractivity contribution >= 4 is 43.5 Å². The zero-order valence-electron chi connectivity index (χ0n) is 9.51. The lowest BCUT2D eigenvalue weighted by atomic mass is 10.4. The van der Waals surface area contributed by atoms with Crippen molar-refractivity contribution in [1.29, 1.82) is 0 Å². The SMILES string of the molecule is C#CCN(CC(=O)O)S(=O)(=O)c1ccc(Cl)c(Br)c1. The van der Waals surface area contributed by atoms with Gasteiger partial charge in [-0.25, -0.2) is 8.42 Å². The standard InChI is InChI=1S/C11H9BrClNO4S/c1-2-5-14(7-11(15)16)19(17,18)8-3-4-10(13)9(12)6-8/h1,3-4,6H,5,7H2,(H,15,16). The first-order valence-corrected chi connectivity index (χ1v) is 7.50. The lowest BCUT2D eigenvalue weighted by Gasteiger charge is -2.18. The predicted molar refractivity (Wildman–Crippen MR) is 74.4 cm³/mol. The van der Waals surface area contributed by atoms with Crippen LogP contribution in [0.15, 0.2) is 27.6 Å². The molecule has 8 heteroatoms. The second-order valence-corrected chi connectivity index (χ2v) is 6.65. The molecule has 0 aliphatic rings. The third kappa shape index (κ3) is 3.94. The summed E-state index contributed by atoms with van der Waals surface area (Å²) in [5.74, 6) is 0.835. The Hall–Kier alpha value is -1.07. The molecule has 0 amide bonds. The molecule has 0 heterocycles. The number of hydrogen-bond acceptors (Lipinski definition) is 3. The molecule has 0 radical (unpaired) electrons. The average Bonchev–Trinajstić information content (AvgIpc) is 2.31.